The first-order valence-electron chi connectivity index (χ1n) is 7.06. The molecule has 0 saturated carbocycles. The summed E-state index contributed by atoms with van der Waals surface area (Å²) >= 11 is 9.20. The summed E-state index contributed by atoms with van der Waals surface area (Å²) in [7, 11) is 0. The van der Waals surface area contributed by atoms with Crippen molar-refractivity contribution in [1.82, 2.24) is 9.38 Å². The van der Waals surface area contributed by atoms with E-state index < -0.39 is 18.4 Å². The molecule has 3 aromatic rings. The van der Waals surface area contributed by atoms with Crippen LogP contribution < -0.4 is 0 Å². The molecule has 3 rings (SSSR count). The highest BCUT2D eigenvalue weighted by atomic mass is 79.9. The van der Waals surface area contributed by atoms with Crippen molar-refractivity contribution in [3.05, 3.63) is 57.8 Å². The molecule has 1 unspecified atom stereocenters. The number of alkyl halides is 3. The van der Waals surface area contributed by atoms with Gasteiger partial charge in [-0.3, -0.25) is 4.40 Å². The van der Waals surface area contributed by atoms with Gasteiger partial charge in [-0.15, -0.1) is 0 Å². The summed E-state index contributed by atoms with van der Waals surface area (Å²) in [5.41, 5.74) is 0.819. The van der Waals surface area contributed by atoms with Gasteiger partial charge in [-0.2, -0.15) is 13.2 Å². The normalized spacial score (nSPS) is 13.0. The SMILES string of the molecule is O=C(OC(O)c1c(-c2ccc(Br)cc2)nc2ccc(Cl)cn12)C(F)(F)F. The van der Waals surface area contributed by atoms with Crippen LogP contribution in [0.25, 0.3) is 16.9 Å². The average molecular weight is 450 g/mol. The molecule has 2 aromatic heterocycles. The van der Waals surface area contributed by atoms with Gasteiger partial charge in [0.2, 0.25) is 6.29 Å². The minimum Gasteiger partial charge on any atom is -0.423 e. The zero-order chi connectivity index (χ0) is 19.1. The molecule has 0 aliphatic heterocycles. The van der Waals surface area contributed by atoms with E-state index in [0.29, 0.717) is 11.2 Å². The standard InChI is InChI=1S/C16H9BrClF3N2O3/c17-9-3-1-8(2-4-9)12-13(14(24)26-15(25)16(19,20)21)23-7-10(18)5-6-11(23)22-12/h1-7,14,24H. The van der Waals surface area contributed by atoms with Gasteiger partial charge in [0.25, 0.3) is 0 Å². The van der Waals surface area contributed by atoms with Gasteiger partial charge in [0, 0.05) is 16.2 Å². The summed E-state index contributed by atoms with van der Waals surface area (Å²) < 4.78 is 43.6. The van der Waals surface area contributed by atoms with Crippen LogP contribution in [0.2, 0.25) is 5.02 Å². The first kappa shape index (κ1) is 18.7. The Morgan fingerprint density at radius 1 is 1.23 bits per heavy atom. The zero-order valence-electron chi connectivity index (χ0n) is 12.7. The molecule has 0 radical (unpaired) electrons. The Hall–Kier alpha value is -2.10. The summed E-state index contributed by atoms with van der Waals surface area (Å²) in [6, 6.07) is 9.75. The van der Waals surface area contributed by atoms with Crippen LogP contribution in [0, 0.1) is 0 Å². The van der Waals surface area contributed by atoms with Crippen LogP contribution in [0.4, 0.5) is 13.2 Å². The number of aliphatic hydroxyl groups excluding tert-OH is 1. The summed E-state index contributed by atoms with van der Waals surface area (Å²) in [6.07, 6.45) is -6.08. The quantitative estimate of drug-likeness (QED) is 0.472. The molecular formula is C16H9BrClF3N2O3. The molecule has 1 atom stereocenters. The highest BCUT2D eigenvalue weighted by Crippen LogP contribution is 2.32. The Kier molecular flexibility index (Phi) is 4.96. The molecule has 1 N–H and O–H groups in total. The summed E-state index contributed by atoms with van der Waals surface area (Å²) in [4.78, 5) is 15.4. The van der Waals surface area contributed by atoms with Crippen LogP contribution in [-0.2, 0) is 9.53 Å². The first-order valence-corrected chi connectivity index (χ1v) is 8.23. The largest absolute Gasteiger partial charge is 0.491 e. The molecule has 2 heterocycles. The van der Waals surface area contributed by atoms with Crippen molar-refractivity contribution < 1.29 is 27.8 Å². The Balaban J connectivity index is 2.14. The lowest BCUT2D eigenvalue weighted by Gasteiger charge is -2.15. The number of pyridine rings is 1. The number of esters is 1. The molecule has 0 fully saturated rings. The highest BCUT2D eigenvalue weighted by molar-refractivity contribution is 9.10. The van der Waals surface area contributed by atoms with E-state index in [1.54, 1.807) is 24.3 Å². The number of ether oxygens (including phenoxy) is 1. The van der Waals surface area contributed by atoms with Gasteiger partial charge in [0.1, 0.15) is 11.3 Å². The average Bonchev–Trinajstić information content (AvgIpc) is 2.93. The van der Waals surface area contributed by atoms with Gasteiger partial charge in [-0.25, -0.2) is 9.78 Å². The van der Waals surface area contributed by atoms with Gasteiger partial charge < -0.3 is 9.84 Å². The highest BCUT2D eigenvalue weighted by Gasteiger charge is 2.43. The number of imidazole rings is 1. The maximum absolute atomic E-state index is 12.5. The second-order valence-corrected chi connectivity index (χ2v) is 6.54. The molecule has 10 heteroatoms. The number of hydrogen-bond donors (Lipinski definition) is 1. The Morgan fingerprint density at radius 3 is 2.50 bits per heavy atom. The molecule has 0 saturated heterocycles. The molecule has 0 aliphatic carbocycles. The van der Waals surface area contributed by atoms with Crippen molar-refractivity contribution in [2.45, 2.75) is 12.5 Å². The van der Waals surface area contributed by atoms with Crippen LogP contribution >= 0.6 is 27.5 Å². The van der Waals surface area contributed by atoms with Crippen LogP contribution in [0.5, 0.6) is 0 Å². The smallest absolute Gasteiger partial charge is 0.423 e. The Labute approximate surface area is 158 Å². The van der Waals surface area contributed by atoms with E-state index in [0.717, 1.165) is 4.47 Å². The molecule has 136 valence electrons. The summed E-state index contributed by atoms with van der Waals surface area (Å²) in [6.45, 7) is 0. The lowest BCUT2D eigenvalue weighted by atomic mass is 10.1. The van der Waals surface area contributed by atoms with E-state index in [4.69, 9.17) is 11.6 Å². The fourth-order valence-corrected chi connectivity index (χ4v) is 2.74. The maximum Gasteiger partial charge on any atom is 0.491 e. The monoisotopic (exact) mass is 448 g/mol. The van der Waals surface area contributed by atoms with E-state index in [1.165, 1.54) is 22.7 Å². The van der Waals surface area contributed by atoms with Gasteiger partial charge in [-0.1, -0.05) is 39.7 Å². The number of aromatic nitrogens is 2. The number of fused-ring (bicyclic) bond motifs is 1. The summed E-state index contributed by atoms with van der Waals surface area (Å²) in [5.74, 6) is -2.51. The molecule has 1 aromatic carbocycles. The topological polar surface area (TPSA) is 63.8 Å². The number of carbonyl (C=O) groups excluding carboxylic acids is 1. The first-order chi connectivity index (χ1) is 12.2. The third kappa shape index (κ3) is 3.69. The number of halogens is 5. The minimum atomic E-state index is -5.24. The van der Waals surface area contributed by atoms with Gasteiger partial charge >= 0.3 is 12.1 Å². The predicted octanol–water partition coefficient (Wildman–Crippen LogP) is 4.51. The van der Waals surface area contributed by atoms with E-state index in [2.05, 4.69) is 25.7 Å². The lowest BCUT2D eigenvalue weighted by molar-refractivity contribution is -0.221. The van der Waals surface area contributed by atoms with Gasteiger partial charge in [-0.05, 0) is 24.3 Å². The number of benzene rings is 1. The molecule has 0 spiro atoms. The van der Waals surface area contributed by atoms with Crippen molar-refractivity contribution in [3.8, 4) is 11.3 Å². The number of hydrogen-bond acceptors (Lipinski definition) is 4. The molecule has 0 amide bonds. The zero-order valence-corrected chi connectivity index (χ0v) is 15.0. The van der Waals surface area contributed by atoms with Crippen LogP contribution in [0.3, 0.4) is 0 Å². The van der Waals surface area contributed by atoms with Crippen molar-refractivity contribution >= 4 is 39.1 Å². The third-order valence-electron chi connectivity index (χ3n) is 3.42. The fourth-order valence-electron chi connectivity index (χ4n) is 2.32. The minimum absolute atomic E-state index is 0.151. The molecule has 5 nitrogen and oxygen atoms in total. The molecule has 0 bridgehead atoms. The summed E-state index contributed by atoms with van der Waals surface area (Å²) in [5, 5.41) is 10.4. The van der Waals surface area contributed by atoms with E-state index >= 15 is 0 Å². The Bertz CT molecular complexity index is 973. The number of carbonyl (C=O) groups is 1. The van der Waals surface area contributed by atoms with Gasteiger partial charge in [0.15, 0.2) is 0 Å². The predicted molar refractivity (Wildman–Crippen MR) is 90.4 cm³/mol. The van der Waals surface area contributed by atoms with Crippen molar-refractivity contribution in [2.24, 2.45) is 0 Å². The van der Waals surface area contributed by atoms with Crippen molar-refractivity contribution in [1.29, 1.82) is 0 Å². The number of nitrogens with zero attached hydrogens (tertiary/aromatic N) is 2. The second-order valence-electron chi connectivity index (χ2n) is 5.18. The van der Waals surface area contributed by atoms with E-state index in [1.807, 2.05) is 0 Å². The molecular weight excluding hydrogens is 441 g/mol. The lowest BCUT2D eigenvalue weighted by Crippen LogP contribution is -2.27. The Morgan fingerprint density at radius 2 is 1.88 bits per heavy atom. The number of rotatable bonds is 3. The van der Waals surface area contributed by atoms with Crippen molar-refractivity contribution in [3.63, 3.8) is 0 Å². The second kappa shape index (κ2) is 6.90. The van der Waals surface area contributed by atoms with Crippen LogP contribution in [0.15, 0.2) is 47.1 Å². The number of aliphatic hydroxyl groups is 1. The van der Waals surface area contributed by atoms with E-state index in [-0.39, 0.29) is 16.4 Å². The molecule has 26 heavy (non-hydrogen) atoms. The van der Waals surface area contributed by atoms with Crippen LogP contribution in [0.1, 0.15) is 12.0 Å². The third-order valence-corrected chi connectivity index (χ3v) is 4.17. The van der Waals surface area contributed by atoms with Gasteiger partial charge in [0.05, 0.1) is 10.7 Å². The van der Waals surface area contributed by atoms with E-state index in [9.17, 15) is 23.1 Å². The van der Waals surface area contributed by atoms with Crippen LogP contribution in [-0.4, -0.2) is 26.6 Å². The fraction of sp³-hybridized carbons (Fsp3) is 0.125. The molecule has 0 aliphatic rings. The van der Waals surface area contributed by atoms with Crippen molar-refractivity contribution in [2.75, 3.05) is 0 Å². The maximum atomic E-state index is 12.5.